The summed E-state index contributed by atoms with van der Waals surface area (Å²) in [7, 11) is 3.17. The third-order valence-corrected chi connectivity index (χ3v) is 5.13. The molecule has 0 aromatic heterocycles. The van der Waals surface area contributed by atoms with Gasteiger partial charge in [-0.25, -0.2) is 0 Å². The maximum atomic E-state index is 11.2. The Kier molecular flexibility index (Phi) is 11.5. The van der Waals surface area contributed by atoms with Gasteiger partial charge in [-0.05, 0) is 24.9 Å². The second-order valence-electron chi connectivity index (χ2n) is 7.03. The van der Waals surface area contributed by atoms with E-state index in [0.717, 1.165) is 24.9 Å². The van der Waals surface area contributed by atoms with Crippen molar-refractivity contribution >= 4 is 30.7 Å². The Bertz CT molecular complexity index is 824. The first-order valence-electron chi connectivity index (χ1n) is 9.80. The Labute approximate surface area is 195 Å². The van der Waals surface area contributed by atoms with E-state index in [1.165, 1.54) is 5.56 Å². The van der Waals surface area contributed by atoms with E-state index in [2.05, 4.69) is 34.9 Å². The molecule has 4 N–H and O–H groups in total. The number of ether oxygens (including phenoxy) is 3. The quantitative estimate of drug-likeness (QED) is 0.520. The van der Waals surface area contributed by atoms with Crippen LogP contribution in [0.15, 0.2) is 42.5 Å². The van der Waals surface area contributed by atoms with Gasteiger partial charge in [-0.2, -0.15) is 0 Å². The number of primary amides is 1. The van der Waals surface area contributed by atoms with Crippen molar-refractivity contribution in [2.24, 2.45) is 5.73 Å². The lowest BCUT2D eigenvalue weighted by atomic mass is 9.92. The monoisotopic (exact) mass is 471 g/mol. The first kappa shape index (κ1) is 26.8. The van der Waals surface area contributed by atoms with Crippen molar-refractivity contribution in [1.29, 1.82) is 0 Å². The van der Waals surface area contributed by atoms with Crippen LogP contribution in [0.5, 0.6) is 17.2 Å². The third-order valence-electron chi connectivity index (χ3n) is 5.13. The largest absolute Gasteiger partial charge is 0.496 e. The Morgan fingerprint density at radius 1 is 1.13 bits per heavy atom. The number of methoxy groups -OCH3 is 2. The summed E-state index contributed by atoms with van der Waals surface area (Å²) in [6, 6.07) is 14.5. The summed E-state index contributed by atoms with van der Waals surface area (Å²) >= 11 is 0. The molecular formula is C22H31Cl2N3O4. The number of amides is 1. The molecule has 0 spiro atoms. The summed E-state index contributed by atoms with van der Waals surface area (Å²) in [5, 5.41) is 7.26. The summed E-state index contributed by atoms with van der Waals surface area (Å²) in [6.07, 6.45) is 2.16. The van der Waals surface area contributed by atoms with E-state index in [-0.39, 0.29) is 43.5 Å². The molecule has 1 fully saturated rings. The molecule has 3 rings (SSSR count). The molecule has 1 aliphatic heterocycles. The van der Waals surface area contributed by atoms with E-state index in [9.17, 15) is 4.79 Å². The van der Waals surface area contributed by atoms with Crippen LogP contribution in [0.2, 0.25) is 0 Å². The molecule has 31 heavy (non-hydrogen) atoms. The number of hydrogen-bond acceptors (Lipinski definition) is 6. The molecule has 172 valence electrons. The molecule has 2 atom stereocenters. The number of rotatable bonds is 9. The fraction of sp³-hybridized carbons (Fsp3) is 0.409. The number of hydrogen-bond donors (Lipinski definition) is 3. The lowest BCUT2D eigenvalue weighted by Gasteiger charge is -2.34. The number of nitrogens with one attached hydrogen (secondary N) is 2. The van der Waals surface area contributed by atoms with Crippen LogP contribution in [0, 0.1) is 0 Å². The molecule has 0 aliphatic carbocycles. The second kappa shape index (κ2) is 13.3. The van der Waals surface area contributed by atoms with E-state index in [4.69, 9.17) is 19.9 Å². The van der Waals surface area contributed by atoms with E-state index in [0.29, 0.717) is 23.8 Å². The molecule has 1 amide bonds. The Balaban J connectivity index is 0.00000240. The van der Waals surface area contributed by atoms with Gasteiger partial charge in [-0.15, -0.1) is 24.8 Å². The molecule has 0 radical (unpaired) electrons. The van der Waals surface area contributed by atoms with Crippen molar-refractivity contribution in [2.75, 3.05) is 27.4 Å². The minimum Gasteiger partial charge on any atom is -0.496 e. The Morgan fingerprint density at radius 2 is 1.84 bits per heavy atom. The highest BCUT2D eigenvalue weighted by molar-refractivity contribution is 5.85. The number of halogens is 2. The van der Waals surface area contributed by atoms with Crippen LogP contribution in [0.25, 0.3) is 0 Å². The fourth-order valence-corrected chi connectivity index (χ4v) is 3.70. The first-order valence-corrected chi connectivity index (χ1v) is 9.80. The van der Waals surface area contributed by atoms with Crippen LogP contribution in [-0.2, 0) is 11.3 Å². The standard InChI is InChI=1S/C22H29N3O4.2ClH/c1-27-16-11-19(28-2)17(20(12-16)29-14-21(23)26)13-25-18-9-6-10-24-22(18)15-7-4-3-5-8-15;;/h3-5,7-8,11-12,18,22,24-25H,6,9-10,13-14H2,1-2H3,(H2,23,26);2*1H. The first-order chi connectivity index (χ1) is 14.1. The zero-order valence-electron chi connectivity index (χ0n) is 17.8. The van der Waals surface area contributed by atoms with Crippen molar-refractivity contribution in [3.63, 3.8) is 0 Å². The lowest BCUT2D eigenvalue weighted by molar-refractivity contribution is -0.119. The number of piperidine rings is 1. The summed E-state index contributed by atoms with van der Waals surface area (Å²) < 4.78 is 16.5. The van der Waals surface area contributed by atoms with Gasteiger partial charge in [0.2, 0.25) is 0 Å². The summed E-state index contributed by atoms with van der Waals surface area (Å²) in [5.74, 6) is 1.21. The summed E-state index contributed by atoms with van der Waals surface area (Å²) in [6.45, 7) is 1.31. The van der Waals surface area contributed by atoms with Crippen LogP contribution < -0.4 is 30.6 Å². The summed E-state index contributed by atoms with van der Waals surface area (Å²) in [5.41, 5.74) is 7.34. The van der Waals surface area contributed by atoms with Crippen LogP contribution in [0.3, 0.4) is 0 Å². The predicted octanol–water partition coefficient (Wildman–Crippen LogP) is 2.99. The van der Waals surface area contributed by atoms with E-state index >= 15 is 0 Å². The van der Waals surface area contributed by atoms with Crippen LogP contribution >= 0.6 is 24.8 Å². The van der Waals surface area contributed by atoms with Gasteiger partial charge in [0.15, 0.2) is 6.61 Å². The average Bonchev–Trinajstić information content (AvgIpc) is 2.76. The zero-order chi connectivity index (χ0) is 20.6. The SMILES string of the molecule is COc1cc(OC)c(CNC2CCCNC2c2ccccc2)c(OCC(N)=O)c1.Cl.Cl. The van der Waals surface area contributed by atoms with Crippen molar-refractivity contribution in [1.82, 2.24) is 10.6 Å². The molecule has 0 bridgehead atoms. The molecule has 1 aliphatic rings. The van der Waals surface area contributed by atoms with Crippen LogP contribution in [0.4, 0.5) is 0 Å². The highest BCUT2D eigenvalue weighted by atomic mass is 35.5. The van der Waals surface area contributed by atoms with Gasteiger partial charge in [-0.3, -0.25) is 4.79 Å². The number of nitrogens with two attached hydrogens (primary N) is 1. The Morgan fingerprint density at radius 3 is 2.48 bits per heavy atom. The van der Waals surface area contributed by atoms with E-state index in [1.807, 2.05) is 12.1 Å². The predicted molar refractivity (Wildman–Crippen MR) is 126 cm³/mol. The van der Waals surface area contributed by atoms with Gasteiger partial charge in [0, 0.05) is 30.8 Å². The number of benzene rings is 2. The molecule has 1 saturated heterocycles. The van der Waals surface area contributed by atoms with Crippen LogP contribution in [-0.4, -0.2) is 39.3 Å². The normalized spacial score (nSPS) is 17.6. The van der Waals surface area contributed by atoms with Crippen molar-refractivity contribution < 1.29 is 19.0 Å². The number of carbonyl (C=O) groups excluding carboxylic acids is 1. The molecular weight excluding hydrogens is 441 g/mol. The van der Waals surface area contributed by atoms with Crippen molar-refractivity contribution in [2.45, 2.75) is 31.5 Å². The lowest BCUT2D eigenvalue weighted by Crippen LogP contribution is -2.45. The minimum atomic E-state index is -0.536. The van der Waals surface area contributed by atoms with Gasteiger partial charge in [0.1, 0.15) is 17.2 Å². The van der Waals surface area contributed by atoms with Gasteiger partial charge < -0.3 is 30.6 Å². The van der Waals surface area contributed by atoms with Crippen LogP contribution in [0.1, 0.15) is 30.0 Å². The molecule has 7 nitrogen and oxygen atoms in total. The highest BCUT2D eigenvalue weighted by Gasteiger charge is 2.26. The average molecular weight is 472 g/mol. The Hall–Kier alpha value is -2.19. The molecule has 2 aromatic carbocycles. The molecule has 2 unspecified atom stereocenters. The van der Waals surface area contributed by atoms with Gasteiger partial charge in [0.25, 0.3) is 5.91 Å². The maximum absolute atomic E-state index is 11.2. The maximum Gasteiger partial charge on any atom is 0.255 e. The molecule has 2 aromatic rings. The second-order valence-corrected chi connectivity index (χ2v) is 7.03. The van der Waals surface area contributed by atoms with Gasteiger partial charge >= 0.3 is 0 Å². The fourth-order valence-electron chi connectivity index (χ4n) is 3.70. The minimum absolute atomic E-state index is 0. The van der Waals surface area contributed by atoms with Gasteiger partial charge in [0.05, 0.1) is 19.8 Å². The van der Waals surface area contributed by atoms with E-state index < -0.39 is 5.91 Å². The highest BCUT2D eigenvalue weighted by Crippen LogP contribution is 2.35. The third kappa shape index (κ3) is 7.18. The number of carbonyl (C=O) groups is 1. The zero-order valence-corrected chi connectivity index (χ0v) is 19.4. The molecule has 9 heteroatoms. The van der Waals surface area contributed by atoms with E-state index in [1.54, 1.807) is 20.3 Å². The van der Waals surface area contributed by atoms with Gasteiger partial charge in [-0.1, -0.05) is 30.3 Å². The topological polar surface area (TPSA) is 94.8 Å². The summed E-state index contributed by atoms with van der Waals surface area (Å²) in [4.78, 5) is 11.2. The smallest absolute Gasteiger partial charge is 0.255 e. The van der Waals surface area contributed by atoms with Crippen molar-refractivity contribution in [3.8, 4) is 17.2 Å². The molecule has 0 saturated carbocycles. The molecule has 1 heterocycles. The van der Waals surface area contributed by atoms with Crippen molar-refractivity contribution in [3.05, 3.63) is 53.6 Å².